The normalized spacial score (nSPS) is 15.1. The van der Waals surface area contributed by atoms with Crippen LogP contribution in [0.2, 0.25) is 0 Å². The Balaban J connectivity index is 0. The van der Waals surface area contributed by atoms with Crippen LogP contribution in [0.5, 0.6) is 0 Å². The molecule has 4 nitrogen and oxygen atoms in total. The monoisotopic (exact) mass is 192 g/mol. The molecule has 0 heterocycles. The minimum Gasteiger partial charge on any atom is -0.772 e. The summed E-state index contributed by atoms with van der Waals surface area (Å²) in [5.74, 6) is 0.353. The van der Waals surface area contributed by atoms with Crippen molar-refractivity contribution in [2.75, 3.05) is 5.75 Å². The van der Waals surface area contributed by atoms with E-state index in [-0.39, 0.29) is 29.6 Å². The van der Waals surface area contributed by atoms with Crippen molar-refractivity contribution in [2.24, 2.45) is 0 Å². The maximum absolute atomic E-state index is 10.2. The first-order chi connectivity index (χ1) is 3.98. The fourth-order valence-corrected chi connectivity index (χ4v) is 1.49. The van der Waals surface area contributed by atoms with Gasteiger partial charge < -0.3 is 14.4 Å². The van der Waals surface area contributed by atoms with Crippen LogP contribution in [0.25, 0.3) is 0 Å². The molecule has 1 N–H and O–H groups in total. The molecular weight excluding hydrogens is 186 g/mol. The van der Waals surface area contributed by atoms with Crippen molar-refractivity contribution in [3.63, 3.8) is 0 Å². The zero-order chi connectivity index (χ0) is 7.49. The van der Waals surface area contributed by atoms with Crippen molar-refractivity contribution in [3.8, 4) is 0 Å². The van der Waals surface area contributed by atoms with Gasteiger partial charge in [0.1, 0.15) is 0 Å². The maximum Gasteiger partial charge on any atom is 1.00 e. The summed E-state index contributed by atoms with van der Waals surface area (Å²) in [4.78, 5) is 27.0. The average molecular weight is 192 g/mol. The summed E-state index contributed by atoms with van der Waals surface area (Å²) in [5, 5.41) is 0. The van der Waals surface area contributed by atoms with Crippen LogP contribution in [-0.4, -0.2) is 15.5 Å². The molecule has 0 saturated heterocycles. The standard InChI is InChI=1S/C3H7O4PS.Na/c1-2-9-3(4)8(5,6)7;/h2H2,1H3,(H2,5,6,7);/q;+1/p-1. The zero-order valence-corrected chi connectivity index (χ0v) is 9.45. The van der Waals surface area contributed by atoms with Crippen molar-refractivity contribution >= 4 is 24.2 Å². The number of thioether (sulfide) groups is 1. The van der Waals surface area contributed by atoms with Gasteiger partial charge in [-0.15, -0.1) is 0 Å². The molecule has 0 radical (unpaired) electrons. The number of hydrogen-bond donors (Lipinski definition) is 1. The smallest absolute Gasteiger partial charge is 0.772 e. The topological polar surface area (TPSA) is 77.4 Å². The van der Waals surface area contributed by atoms with E-state index in [4.69, 9.17) is 4.89 Å². The first-order valence-electron chi connectivity index (χ1n) is 2.19. The van der Waals surface area contributed by atoms with E-state index in [2.05, 4.69) is 0 Å². The van der Waals surface area contributed by atoms with Crippen LogP contribution in [0.15, 0.2) is 0 Å². The summed E-state index contributed by atoms with van der Waals surface area (Å²) in [6.07, 6.45) is 0. The van der Waals surface area contributed by atoms with Crippen molar-refractivity contribution in [1.29, 1.82) is 0 Å². The van der Waals surface area contributed by atoms with Crippen LogP contribution in [0.3, 0.4) is 0 Å². The van der Waals surface area contributed by atoms with Crippen molar-refractivity contribution in [1.82, 2.24) is 0 Å². The van der Waals surface area contributed by atoms with Gasteiger partial charge in [-0.2, -0.15) is 0 Å². The summed E-state index contributed by atoms with van der Waals surface area (Å²) in [5.41, 5.74) is 0. The summed E-state index contributed by atoms with van der Waals surface area (Å²) < 4.78 is 9.93. The Bertz CT molecular complexity index is 155. The van der Waals surface area contributed by atoms with Crippen LogP contribution in [0, 0.1) is 0 Å². The molecule has 10 heavy (non-hydrogen) atoms. The third-order valence-electron chi connectivity index (χ3n) is 0.499. The van der Waals surface area contributed by atoms with Crippen LogP contribution in [0.4, 0.5) is 4.79 Å². The van der Waals surface area contributed by atoms with E-state index in [1.54, 1.807) is 6.92 Å². The Hall–Kier alpha value is 1.17. The molecule has 1 unspecified atom stereocenters. The van der Waals surface area contributed by atoms with Gasteiger partial charge in [0, 0.05) is 0 Å². The summed E-state index contributed by atoms with van der Waals surface area (Å²) in [6, 6.07) is 0. The summed E-state index contributed by atoms with van der Waals surface area (Å²) >= 11 is 0.574. The minimum absolute atomic E-state index is 0. The molecule has 0 aromatic carbocycles. The third kappa shape index (κ3) is 5.92. The molecule has 1 atom stereocenters. The van der Waals surface area contributed by atoms with E-state index in [0.717, 1.165) is 0 Å². The Morgan fingerprint density at radius 3 is 2.30 bits per heavy atom. The molecule has 0 aliphatic rings. The van der Waals surface area contributed by atoms with E-state index < -0.39 is 12.5 Å². The number of hydrogen-bond acceptors (Lipinski definition) is 4. The predicted octanol–water partition coefficient (Wildman–Crippen LogP) is -2.59. The first kappa shape index (κ1) is 13.7. The molecule has 0 aliphatic heterocycles. The predicted molar refractivity (Wildman–Crippen MR) is 33.4 cm³/mol. The largest absolute Gasteiger partial charge is 1.00 e. The van der Waals surface area contributed by atoms with Crippen LogP contribution in [-0.2, 0) is 4.57 Å². The van der Waals surface area contributed by atoms with E-state index in [9.17, 15) is 14.3 Å². The molecule has 0 bridgehead atoms. The molecule has 0 aromatic heterocycles. The molecule has 7 heteroatoms. The molecule has 0 rings (SSSR count). The number of rotatable bonds is 2. The molecular formula is C3H6NaO4PS. The fraction of sp³-hybridized carbons (Fsp3) is 0.667. The molecule has 54 valence electrons. The minimum atomic E-state index is -4.70. The van der Waals surface area contributed by atoms with Crippen molar-refractivity contribution < 1.29 is 48.7 Å². The van der Waals surface area contributed by atoms with Gasteiger partial charge in [0.25, 0.3) is 4.86 Å². The quantitative estimate of drug-likeness (QED) is 0.383. The van der Waals surface area contributed by atoms with Gasteiger partial charge in [-0.25, -0.2) is 0 Å². The molecule has 0 fully saturated rings. The van der Waals surface area contributed by atoms with Gasteiger partial charge in [-0.05, 0) is 5.75 Å². The third-order valence-corrected chi connectivity index (χ3v) is 2.58. The second-order valence-electron chi connectivity index (χ2n) is 1.22. The van der Waals surface area contributed by atoms with Gasteiger partial charge in [0.2, 0.25) is 7.60 Å². The Morgan fingerprint density at radius 2 is 2.20 bits per heavy atom. The first-order valence-corrected chi connectivity index (χ1v) is 4.76. The van der Waals surface area contributed by atoms with Gasteiger partial charge >= 0.3 is 29.6 Å². The van der Waals surface area contributed by atoms with Crippen LogP contribution in [0.1, 0.15) is 6.92 Å². The van der Waals surface area contributed by atoms with E-state index in [1.807, 2.05) is 0 Å². The van der Waals surface area contributed by atoms with Crippen molar-refractivity contribution in [2.45, 2.75) is 6.92 Å². The summed E-state index contributed by atoms with van der Waals surface area (Å²) in [6.45, 7) is 1.62. The van der Waals surface area contributed by atoms with Gasteiger partial charge in [-0.3, -0.25) is 4.79 Å². The van der Waals surface area contributed by atoms with Crippen molar-refractivity contribution in [3.05, 3.63) is 0 Å². The molecule has 0 aliphatic carbocycles. The molecule has 0 spiro atoms. The maximum atomic E-state index is 10.2. The molecule has 0 aromatic rings. The number of carbonyl (C=O) groups is 1. The van der Waals surface area contributed by atoms with Crippen LogP contribution >= 0.6 is 19.4 Å². The zero-order valence-electron chi connectivity index (χ0n) is 5.73. The second-order valence-corrected chi connectivity index (χ2v) is 4.21. The SMILES string of the molecule is CCSC(=O)P(=O)([O-])O.[Na+]. The average Bonchev–Trinajstić information content (AvgIpc) is 1.64. The Morgan fingerprint density at radius 1 is 1.80 bits per heavy atom. The van der Waals surface area contributed by atoms with Crippen LogP contribution < -0.4 is 34.5 Å². The number of carbonyl (C=O) groups excluding carboxylic acids is 1. The van der Waals surface area contributed by atoms with Gasteiger partial charge in [0.15, 0.2) is 0 Å². The summed E-state index contributed by atoms with van der Waals surface area (Å²) in [7, 11) is -4.70. The van der Waals surface area contributed by atoms with Gasteiger partial charge in [0.05, 0.1) is 0 Å². The Kier molecular flexibility index (Phi) is 7.93. The Labute approximate surface area is 85.2 Å². The fourth-order valence-electron chi connectivity index (χ4n) is 0.205. The molecule has 0 amide bonds. The van der Waals surface area contributed by atoms with Gasteiger partial charge in [-0.1, -0.05) is 18.7 Å². The van der Waals surface area contributed by atoms with E-state index in [0.29, 0.717) is 17.5 Å². The second kappa shape index (κ2) is 5.77. The molecule has 0 saturated carbocycles. The van der Waals surface area contributed by atoms with E-state index in [1.165, 1.54) is 0 Å². The van der Waals surface area contributed by atoms with E-state index >= 15 is 0 Å².